The lowest BCUT2D eigenvalue weighted by Gasteiger charge is -2.07. The first-order chi connectivity index (χ1) is 5.70. The molecule has 0 aliphatic heterocycles. The molecule has 0 aliphatic carbocycles. The summed E-state index contributed by atoms with van der Waals surface area (Å²) in [6.45, 7) is 2.00. The highest BCUT2D eigenvalue weighted by atomic mass is 127. The van der Waals surface area contributed by atoms with E-state index in [0.29, 0.717) is 0 Å². The minimum atomic E-state index is -1.00. The molecule has 1 atom stereocenters. The van der Waals surface area contributed by atoms with E-state index in [1.54, 1.807) is 0 Å². The predicted octanol–water partition coefficient (Wildman–Crippen LogP) is 1.86. The first-order valence-electron chi connectivity index (χ1n) is 3.74. The Morgan fingerprint density at radius 3 is 2.83 bits per heavy atom. The summed E-state index contributed by atoms with van der Waals surface area (Å²) >= 11 is 2.13. The average molecular weight is 281 g/mol. The number of hydrogen-bond acceptors (Lipinski definition) is 1. The molecule has 0 fully saturated rings. The number of amides is 1. The van der Waals surface area contributed by atoms with Crippen LogP contribution in [0.25, 0.3) is 0 Å². The Labute approximate surface area is 86.1 Å². The molecule has 0 saturated heterocycles. The molecule has 3 nitrogen and oxygen atoms in total. The smallest absolute Gasteiger partial charge is 0.405 e. The fraction of sp³-hybridized carbons (Fsp3) is 0.625. The van der Waals surface area contributed by atoms with E-state index < -0.39 is 6.09 Å². The van der Waals surface area contributed by atoms with E-state index in [9.17, 15) is 4.79 Å². The Kier molecular flexibility index (Phi) is 6.96. The minimum Gasteiger partial charge on any atom is -0.465 e. The molecule has 0 heterocycles. The maximum absolute atomic E-state index is 10.3. The SMILES string of the molecule is CCCC(C#CCI)NC(=O)O. The molecule has 4 heteroatoms. The van der Waals surface area contributed by atoms with Crippen molar-refractivity contribution < 1.29 is 9.90 Å². The molecule has 0 bridgehead atoms. The lowest BCUT2D eigenvalue weighted by Crippen LogP contribution is -2.32. The van der Waals surface area contributed by atoms with E-state index in [0.717, 1.165) is 17.3 Å². The quantitative estimate of drug-likeness (QED) is 0.471. The lowest BCUT2D eigenvalue weighted by atomic mass is 10.2. The Balaban J connectivity index is 3.94. The van der Waals surface area contributed by atoms with Crippen LogP contribution < -0.4 is 5.32 Å². The average Bonchev–Trinajstić information content (AvgIpc) is 2.00. The molecule has 1 amide bonds. The monoisotopic (exact) mass is 281 g/mol. The largest absolute Gasteiger partial charge is 0.465 e. The predicted molar refractivity (Wildman–Crippen MR) is 56.5 cm³/mol. The zero-order valence-electron chi connectivity index (χ0n) is 6.93. The van der Waals surface area contributed by atoms with Crippen molar-refractivity contribution in [1.29, 1.82) is 0 Å². The van der Waals surface area contributed by atoms with Crippen LogP contribution in [0.2, 0.25) is 0 Å². The normalized spacial score (nSPS) is 11.2. The third kappa shape index (κ3) is 6.28. The summed E-state index contributed by atoms with van der Waals surface area (Å²) < 4.78 is 0.735. The molecule has 12 heavy (non-hydrogen) atoms. The number of carboxylic acid groups (broad SMARTS) is 1. The van der Waals surface area contributed by atoms with E-state index >= 15 is 0 Å². The third-order valence-electron chi connectivity index (χ3n) is 1.22. The van der Waals surface area contributed by atoms with Crippen molar-refractivity contribution in [1.82, 2.24) is 5.32 Å². The standard InChI is InChI=1S/C8H12INO2/c1-2-4-7(5-3-6-9)10-8(11)12/h7,10H,2,4,6H2,1H3,(H,11,12). The summed E-state index contributed by atoms with van der Waals surface area (Å²) in [7, 11) is 0. The summed E-state index contributed by atoms with van der Waals surface area (Å²) in [6.07, 6.45) is 0.702. The van der Waals surface area contributed by atoms with Crippen LogP contribution in [0.5, 0.6) is 0 Å². The molecule has 0 radical (unpaired) electrons. The van der Waals surface area contributed by atoms with Crippen LogP contribution in [0, 0.1) is 11.8 Å². The fourth-order valence-electron chi connectivity index (χ4n) is 0.780. The van der Waals surface area contributed by atoms with Crippen LogP contribution in [0.3, 0.4) is 0 Å². The molecule has 0 saturated carbocycles. The first kappa shape index (κ1) is 11.6. The summed E-state index contributed by atoms with van der Waals surface area (Å²) in [4.78, 5) is 10.3. The maximum atomic E-state index is 10.3. The second-order valence-electron chi connectivity index (χ2n) is 2.25. The van der Waals surface area contributed by atoms with Crippen molar-refractivity contribution in [2.45, 2.75) is 25.8 Å². The molecule has 0 spiro atoms. The van der Waals surface area contributed by atoms with Gasteiger partial charge in [0.15, 0.2) is 0 Å². The molecular weight excluding hydrogens is 269 g/mol. The van der Waals surface area contributed by atoms with Gasteiger partial charge in [-0.05, 0) is 6.42 Å². The van der Waals surface area contributed by atoms with Gasteiger partial charge in [0.1, 0.15) is 0 Å². The highest BCUT2D eigenvalue weighted by Gasteiger charge is 2.05. The number of nitrogens with one attached hydrogen (secondary N) is 1. The zero-order valence-corrected chi connectivity index (χ0v) is 9.09. The Bertz CT molecular complexity index is 195. The van der Waals surface area contributed by atoms with E-state index in [1.807, 2.05) is 6.92 Å². The van der Waals surface area contributed by atoms with Crippen LogP contribution in [-0.2, 0) is 0 Å². The van der Waals surface area contributed by atoms with Crippen molar-refractivity contribution in [3.63, 3.8) is 0 Å². The number of hydrogen-bond donors (Lipinski definition) is 2. The number of alkyl halides is 1. The topological polar surface area (TPSA) is 49.3 Å². The first-order valence-corrected chi connectivity index (χ1v) is 5.27. The molecule has 0 aliphatic rings. The van der Waals surface area contributed by atoms with Crippen LogP contribution in [-0.4, -0.2) is 21.7 Å². The Morgan fingerprint density at radius 2 is 2.42 bits per heavy atom. The van der Waals surface area contributed by atoms with Gasteiger partial charge < -0.3 is 10.4 Å². The van der Waals surface area contributed by atoms with Gasteiger partial charge in [0.05, 0.1) is 10.5 Å². The van der Waals surface area contributed by atoms with Crippen molar-refractivity contribution in [2.24, 2.45) is 0 Å². The molecule has 68 valence electrons. The molecular formula is C8H12INO2. The van der Waals surface area contributed by atoms with Gasteiger partial charge in [-0.15, -0.1) is 0 Å². The summed E-state index contributed by atoms with van der Waals surface area (Å²) in [5.74, 6) is 5.70. The molecule has 0 aromatic heterocycles. The van der Waals surface area contributed by atoms with E-state index in [-0.39, 0.29) is 6.04 Å². The summed E-state index contributed by atoms with van der Waals surface area (Å²) in [6, 6.07) is -0.206. The van der Waals surface area contributed by atoms with Gasteiger partial charge >= 0.3 is 6.09 Å². The number of rotatable bonds is 3. The van der Waals surface area contributed by atoms with Gasteiger partial charge in [-0.1, -0.05) is 47.8 Å². The van der Waals surface area contributed by atoms with Crippen molar-refractivity contribution >= 4 is 28.7 Å². The van der Waals surface area contributed by atoms with Gasteiger partial charge in [-0.3, -0.25) is 0 Å². The van der Waals surface area contributed by atoms with Gasteiger partial charge in [-0.25, -0.2) is 4.79 Å². The summed E-state index contributed by atoms with van der Waals surface area (Å²) in [5.41, 5.74) is 0. The Morgan fingerprint density at radius 1 is 1.75 bits per heavy atom. The van der Waals surface area contributed by atoms with Crippen molar-refractivity contribution in [2.75, 3.05) is 4.43 Å². The second kappa shape index (κ2) is 7.22. The van der Waals surface area contributed by atoms with E-state index in [1.165, 1.54) is 0 Å². The van der Waals surface area contributed by atoms with Gasteiger partial charge in [-0.2, -0.15) is 0 Å². The van der Waals surface area contributed by atoms with Crippen molar-refractivity contribution in [3.05, 3.63) is 0 Å². The van der Waals surface area contributed by atoms with Crippen LogP contribution in [0.1, 0.15) is 19.8 Å². The van der Waals surface area contributed by atoms with Gasteiger partial charge in [0, 0.05) is 0 Å². The number of carbonyl (C=O) groups is 1. The van der Waals surface area contributed by atoms with Crippen LogP contribution in [0.4, 0.5) is 4.79 Å². The molecule has 0 aromatic rings. The van der Waals surface area contributed by atoms with Gasteiger partial charge in [0.25, 0.3) is 0 Å². The molecule has 2 N–H and O–H groups in total. The number of halogens is 1. The second-order valence-corrected chi connectivity index (χ2v) is 3.01. The summed E-state index contributed by atoms with van der Waals surface area (Å²) in [5, 5.41) is 10.8. The lowest BCUT2D eigenvalue weighted by molar-refractivity contribution is 0.192. The molecule has 1 unspecified atom stereocenters. The third-order valence-corrected chi connectivity index (χ3v) is 1.60. The highest BCUT2D eigenvalue weighted by molar-refractivity contribution is 14.1. The van der Waals surface area contributed by atoms with Crippen molar-refractivity contribution in [3.8, 4) is 11.8 Å². The van der Waals surface area contributed by atoms with Crippen LogP contribution >= 0.6 is 22.6 Å². The molecule has 0 rings (SSSR count). The highest BCUT2D eigenvalue weighted by Crippen LogP contribution is 1.94. The van der Waals surface area contributed by atoms with Gasteiger partial charge in [0.2, 0.25) is 0 Å². The van der Waals surface area contributed by atoms with E-state index in [4.69, 9.17) is 5.11 Å². The van der Waals surface area contributed by atoms with E-state index in [2.05, 4.69) is 39.7 Å². The fourth-order valence-corrected chi connectivity index (χ4v) is 1.00. The Hall–Kier alpha value is -0.440. The zero-order chi connectivity index (χ0) is 9.40. The minimum absolute atomic E-state index is 0.206. The molecule has 0 aromatic carbocycles. The van der Waals surface area contributed by atoms with Crippen LogP contribution in [0.15, 0.2) is 0 Å². The maximum Gasteiger partial charge on any atom is 0.405 e.